The highest BCUT2D eigenvalue weighted by atomic mass is 16.1. The van der Waals surface area contributed by atoms with Gasteiger partial charge in [-0.25, -0.2) is 0 Å². The van der Waals surface area contributed by atoms with Gasteiger partial charge in [0.1, 0.15) is 0 Å². The van der Waals surface area contributed by atoms with Crippen LogP contribution in [-0.2, 0) is 4.79 Å². The molecular formula is C11H18N2O. The number of carbonyl (C=O) groups excluding carboxylic acids is 1. The molecule has 0 spiro atoms. The molecule has 0 saturated carbocycles. The van der Waals surface area contributed by atoms with E-state index >= 15 is 0 Å². The molecule has 0 saturated heterocycles. The molecule has 3 heteroatoms. The molecule has 0 unspecified atom stereocenters. The lowest BCUT2D eigenvalue weighted by Gasteiger charge is -2.03. The molecule has 0 aliphatic rings. The Bertz CT molecular complexity index is 238. The van der Waals surface area contributed by atoms with Crippen molar-refractivity contribution in [3.8, 4) is 6.07 Å². The van der Waals surface area contributed by atoms with Crippen molar-refractivity contribution in [3.05, 3.63) is 11.6 Å². The van der Waals surface area contributed by atoms with Crippen LogP contribution in [0, 0.1) is 11.3 Å². The van der Waals surface area contributed by atoms with Crippen molar-refractivity contribution in [1.29, 1.82) is 5.26 Å². The van der Waals surface area contributed by atoms with Crippen LogP contribution in [0.15, 0.2) is 11.6 Å². The summed E-state index contributed by atoms with van der Waals surface area (Å²) in [6.07, 6.45) is 5.03. The van der Waals surface area contributed by atoms with Gasteiger partial charge in [-0.05, 0) is 19.8 Å². The molecule has 14 heavy (non-hydrogen) atoms. The normalized spacial score (nSPS) is 10.8. The number of allylic oxidation sites excluding steroid dienone is 1. The minimum absolute atomic E-state index is 0.0172. The summed E-state index contributed by atoms with van der Waals surface area (Å²) in [4.78, 5) is 11.3. The van der Waals surface area contributed by atoms with Gasteiger partial charge in [0.25, 0.3) is 0 Å². The Balaban J connectivity index is 3.75. The van der Waals surface area contributed by atoms with E-state index in [2.05, 4.69) is 12.2 Å². The third kappa shape index (κ3) is 6.24. The second kappa shape index (κ2) is 8.31. The largest absolute Gasteiger partial charge is 0.352 e. The van der Waals surface area contributed by atoms with Gasteiger partial charge in [0.05, 0.1) is 6.07 Å². The summed E-state index contributed by atoms with van der Waals surface area (Å²) in [6, 6.07) is 2.04. The number of hydrogen-bond donors (Lipinski definition) is 1. The van der Waals surface area contributed by atoms with Gasteiger partial charge in [-0.15, -0.1) is 0 Å². The fourth-order valence-electron chi connectivity index (χ4n) is 0.964. The lowest BCUT2D eigenvalue weighted by Crippen LogP contribution is -2.24. The van der Waals surface area contributed by atoms with Crippen LogP contribution in [0.5, 0.6) is 0 Å². The van der Waals surface area contributed by atoms with E-state index in [4.69, 9.17) is 5.26 Å². The van der Waals surface area contributed by atoms with E-state index < -0.39 is 0 Å². The summed E-state index contributed by atoms with van der Waals surface area (Å²) in [5.41, 5.74) is 0.705. The first-order chi connectivity index (χ1) is 6.72. The maximum absolute atomic E-state index is 11.3. The van der Waals surface area contributed by atoms with E-state index in [0.29, 0.717) is 18.4 Å². The Morgan fingerprint density at radius 2 is 2.29 bits per heavy atom. The number of nitrogens with one attached hydrogen (secondary N) is 1. The van der Waals surface area contributed by atoms with E-state index in [0.717, 1.165) is 19.4 Å². The van der Waals surface area contributed by atoms with Crippen molar-refractivity contribution in [1.82, 2.24) is 5.32 Å². The second-order valence-corrected chi connectivity index (χ2v) is 3.19. The average Bonchev–Trinajstić information content (AvgIpc) is 2.18. The Kier molecular flexibility index (Phi) is 7.53. The fraction of sp³-hybridized carbons (Fsp3) is 0.636. The van der Waals surface area contributed by atoms with Crippen LogP contribution in [0.25, 0.3) is 0 Å². The molecule has 3 nitrogen and oxygen atoms in total. The first-order valence-electron chi connectivity index (χ1n) is 5.04. The van der Waals surface area contributed by atoms with Crippen molar-refractivity contribution in [3.63, 3.8) is 0 Å². The number of amides is 1. The Morgan fingerprint density at radius 3 is 2.86 bits per heavy atom. The average molecular weight is 194 g/mol. The van der Waals surface area contributed by atoms with Gasteiger partial charge in [-0.2, -0.15) is 5.26 Å². The number of rotatable bonds is 6. The molecule has 0 heterocycles. The molecule has 0 fully saturated rings. The highest BCUT2D eigenvalue weighted by molar-refractivity contribution is 5.92. The first-order valence-corrected chi connectivity index (χ1v) is 5.04. The van der Waals surface area contributed by atoms with E-state index in [-0.39, 0.29) is 5.91 Å². The molecule has 0 aromatic heterocycles. The zero-order chi connectivity index (χ0) is 10.8. The van der Waals surface area contributed by atoms with Gasteiger partial charge in [-0.1, -0.05) is 19.4 Å². The Morgan fingerprint density at radius 1 is 1.57 bits per heavy atom. The van der Waals surface area contributed by atoms with Crippen molar-refractivity contribution < 1.29 is 4.79 Å². The number of nitrogens with zero attached hydrogens (tertiary/aromatic N) is 1. The van der Waals surface area contributed by atoms with E-state index in [1.165, 1.54) is 0 Å². The van der Waals surface area contributed by atoms with Crippen molar-refractivity contribution in [2.75, 3.05) is 6.54 Å². The summed E-state index contributed by atoms with van der Waals surface area (Å²) in [5.74, 6) is -0.0172. The zero-order valence-electron chi connectivity index (χ0n) is 8.97. The van der Waals surface area contributed by atoms with Crippen LogP contribution < -0.4 is 5.32 Å². The van der Waals surface area contributed by atoms with Crippen molar-refractivity contribution >= 4 is 5.91 Å². The minimum Gasteiger partial charge on any atom is -0.352 e. The molecular weight excluding hydrogens is 176 g/mol. The molecule has 78 valence electrons. The van der Waals surface area contributed by atoms with Gasteiger partial charge in [-0.3, -0.25) is 4.79 Å². The Labute approximate surface area is 85.8 Å². The molecule has 0 aromatic carbocycles. The predicted octanol–water partition coefficient (Wildman–Crippen LogP) is 2.15. The van der Waals surface area contributed by atoms with Crippen LogP contribution in [0.2, 0.25) is 0 Å². The van der Waals surface area contributed by atoms with Crippen molar-refractivity contribution in [2.45, 2.75) is 39.5 Å². The van der Waals surface area contributed by atoms with Crippen molar-refractivity contribution in [2.24, 2.45) is 0 Å². The summed E-state index contributed by atoms with van der Waals surface area (Å²) < 4.78 is 0. The molecule has 0 radical (unpaired) electrons. The first kappa shape index (κ1) is 12.7. The molecule has 0 atom stereocenters. The molecule has 0 rings (SSSR count). The minimum atomic E-state index is -0.0172. The number of hydrogen-bond acceptors (Lipinski definition) is 2. The van der Waals surface area contributed by atoms with Gasteiger partial charge >= 0.3 is 0 Å². The number of carbonyl (C=O) groups is 1. The predicted molar refractivity (Wildman–Crippen MR) is 56.5 cm³/mol. The van der Waals surface area contributed by atoms with E-state index in [9.17, 15) is 4.79 Å². The monoisotopic (exact) mass is 194 g/mol. The summed E-state index contributed by atoms with van der Waals surface area (Å²) in [6.45, 7) is 4.60. The number of nitriles is 1. The molecule has 0 aliphatic heterocycles. The van der Waals surface area contributed by atoms with Crippen LogP contribution >= 0.6 is 0 Å². The maximum atomic E-state index is 11.3. The SMILES string of the molecule is CCCCNC(=O)/C(C)=C/CCC#N. The summed E-state index contributed by atoms with van der Waals surface area (Å²) in [5, 5.41) is 11.1. The quantitative estimate of drug-likeness (QED) is 0.520. The second-order valence-electron chi connectivity index (χ2n) is 3.19. The standard InChI is InChI=1S/C11H18N2O/c1-3-4-9-13-11(14)10(2)7-5-6-8-12/h7H,3-6,9H2,1-2H3,(H,13,14)/b10-7+. The molecule has 1 N–H and O–H groups in total. The lowest BCUT2D eigenvalue weighted by atomic mass is 10.2. The van der Waals surface area contributed by atoms with Gasteiger partial charge in [0.15, 0.2) is 0 Å². The van der Waals surface area contributed by atoms with Gasteiger partial charge in [0, 0.05) is 18.5 Å². The Hall–Kier alpha value is -1.30. The maximum Gasteiger partial charge on any atom is 0.246 e. The zero-order valence-corrected chi connectivity index (χ0v) is 8.97. The highest BCUT2D eigenvalue weighted by Gasteiger charge is 2.01. The fourth-order valence-corrected chi connectivity index (χ4v) is 0.964. The highest BCUT2D eigenvalue weighted by Crippen LogP contribution is 1.98. The van der Waals surface area contributed by atoms with Crippen LogP contribution in [-0.4, -0.2) is 12.5 Å². The third-order valence-electron chi connectivity index (χ3n) is 1.88. The molecule has 0 aromatic rings. The smallest absolute Gasteiger partial charge is 0.246 e. The molecule has 1 amide bonds. The molecule has 0 bridgehead atoms. The van der Waals surface area contributed by atoms with Crippen LogP contribution in [0.3, 0.4) is 0 Å². The summed E-state index contributed by atoms with van der Waals surface area (Å²) >= 11 is 0. The van der Waals surface area contributed by atoms with E-state index in [1.807, 2.05) is 12.1 Å². The van der Waals surface area contributed by atoms with Gasteiger partial charge < -0.3 is 5.32 Å². The number of unbranched alkanes of at least 4 members (excludes halogenated alkanes) is 2. The van der Waals surface area contributed by atoms with Crippen LogP contribution in [0.1, 0.15) is 39.5 Å². The van der Waals surface area contributed by atoms with Crippen LogP contribution in [0.4, 0.5) is 0 Å². The third-order valence-corrected chi connectivity index (χ3v) is 1.88. The summed E-state index contributed by atoms with van der Waals surface area (Å²) in [7, 11) is 0. The molecule has 0 aliphatic carbocycles. The van der Waals surface area contributed by atoms with E-state index in [1.54, 1.807) is 6.92 Å². The van der Waals surface area contributed by atoms with Gasteiger partial charge in [0.2, 0.25) is 5.91 Å². The lowest BCUT2D eigenvalue weighted by molar-refractivity contribution is -0.117. The topological polar surface area (TPSA) is 52.9 Å².